The van der Waals surface area contributed by atoms with Gasteiger partial charge in [0.1, 0.15) is 0 Å². The Morgan fingerprint density at radius 1 is 0.711 bits per heavy atom. The Labute approximate surface area is 278 Å². The van der Waals surface area contributed by atoms with Crippen LogP contribution in [0.25, 0.3) is 21.8 Å². The molecule has 0 saturated carbocycles. The van der Waals surface area contributed by atoms with Crippen molar-refractivity contribution >= 4 is 56.4 Å². The van der Waals surface area contributed by atoms with Crippen LogP contribution >= 0.6 is 23.2 Å². The number of aromatic nitrogens is 2. The number of hydrogen-bond donors (Lipinski definition) is 2. The molecule has 2 bridgehead atoms. The molecule has 2 aromatic heterocycles. The zero-order valence-electron chi connectivity index (χ0n) is 26.7. The molecule has 0 saturated heterocycles. The number of fused-ring (bicyclic) bond motifs is 7. The van der Waals surface area contributed by atoms with Crippen molar-refractivity contribution in [3.8, 4) is 0 Å². The van der Waals surface area contributed by atoms with E-state index in [0.29, 0.717) is 11.8 Å². The van der Waals surface area contributed by atoms with Crippen LogP contribution in [0.2, 0.25) is 10.0 Å². The molecule has 2 unspecified atom stereocenters. The molecule has 0 aliphatic heterocycles. The maximum absolute atomic E-state index is 6.38. The SMILES string of the molecule is CC1=CC2Cc3nc4cc(Cl)ccc4c(NCCCCCCCCCNc4c5c(nc6cc(Cl)ccc46)CCCC5)c3C(C1)C2. The van der Waals surface area contributed by atoms with Crippen LogP contribution in [-0.4, -0.2) is 23.1 Å². The highest BCUT2D eigenvalue weighted by Gasteiger charge is 2.33. The molecule has 2 heterocycles. The number of rotatable bonds is 12. The highest BCUT2D eigenvalue weighted by molar-refractivity contribution is 6.31. The Balaban J connectivity index is 0.873. The fourth-order valence-electron chi connectivity index (χ4n) is 8.24. The van der Waals surface area contributed by atoms with Gasteiger partial charge < -0.3 is 10.6 Å². The summed E-state index contributed by atoms with van der Waals surface area (Å²) >= 11 is 12.7. The van der Waals surface area contributed by atoms with Crippen molar-refractivity contribution in [3.05, 3.63) is 80.6 Å². The van der Waals surface area contributed by atoms with Crippen molar-refractivity contribution in [1.82, 2.24) is 9.97 Å². The number of halogens is 2. The number of benzene rings is 2. The lowest BCUT2D eigenvalue weighted by Gasteiger charge is -2.36. The first-order valence-electron chi connectivity index (χ1n) is 17.4. The number of pyridine rings is 2. The van der Waals surface area contributed by atoms with Crippen molar-refractivity contribution in [3.63, 3.8) is 0 Å². The first-order valence-corrected chi connectivity index (χ1v) is 18.2. The molecule has 0 amide bonds. The summed E-state index contributed by atoms with van der Waals surface area (Å²) in [5, 5.41) is 11.7. The lowest BCUT2D eigenvalue weighted by Crippen LogP contribution is -2.24. The van der Waals surface area contributed by atoms with Gasteiger partial charge in [-0.25, -0.2) is 0 Å². The quantitative estimate of drug-likeness (QED) is 0.119. The van der Waals surface area contributed by atoms with Gasteiger partial charge in [0.2, 0.25) is 0 Å². The van der Waals surface area contributed by atoms with Gasteiger partial charge in [0, 0.05) is 62.2 Å². The molecular formula is C39H46Cl2N4. The number of aryl methyl sites for hydroxylation is 1. The van der Waals surface area contributed by atoms with Gasteiger partial charge in [0.25, 0.3) is 0 Å². The number of allylic oxidation sites excluding steroid dienone is 2. The Morgan fingerprint density at radius 2 is 1.31 bits per heavy atom. The van der Waals surface area contributed by atoms with E-state index < -0.39 is 0 Å². The van der Waals surface area contributed by atoms with Crippen LogP contribution in [0.5, 0.6) is 0 Å². The highest BCUT2D eigenvalue weighted by Crippen LogP contribution is 2.47. The average Bonchev–Trinajstić information content (AvgIpc) is 3.02. The van der Waals surface area contributed by atoms with E-state index in [9.17, 15) is 0 Å². The topological polar surface area (TPSA) is 49.8 Å². The zero-order valence-corrected chi connectivity index (χ0v) is 28.2. The second-order valence-electron chi connectivity index (χ2n) is 13.7. The number of nitrogens with zero attached hydrogens (tertiary/aromatic N) is 2. The Kier molecular flexibility index (Phi) is 9.51. The summed E-state index contributed by atoms with van der Waals surface area (Å²) < 4.78 is 0. The van der Waals surface area contributed by atoms with Crippen molar-refractivity contribution in [1.29, 1.82) is 0 Å². The van der Waals surface area contributed by atoms with Crippen molar-refractivity contribution in [2.24, 2.45) is 5.92 Å². The highest BCUT2D eigenvalue weighted by atomic mass is 35.5. The molecule has 2 aromatic carbocycles. The van der Waals surface area contributed by atoms with Gasteiger partial charge in [-0.2, -0.15) is 0 Å². The number of unbranched alkanes of at least 4 members (excludes halogenated alkanes) is 6. The summed E-state index contributed by atoms with van der Waals surface area (Å²) in [7, 11) is 0. The zero-order chi connectivity index (χ0) is 30.8. The van der Waals surface area contributed by atoms with Gasteiger partial charge in [-0.1, -0.05) is 67.0 Å². The largest absolute Gasteiger partial charge is 0.384 e. The second kappa shape index (κ2) is 13.9. The molecule has 2 N–H and O–H groups in total. The van der Waals surface area contributed by atoms with E-state index in [4.69, 9.17) is 33.2 Å². The standard InChI is InChI=1S/C39H46Cl2N4/c1-25-19-26-21-27(20-25)37-36(22-26)45-35-24-29(41)14-16-32(35)39(37)43-18-10-6-4-2-3-5-9-17-42-38-30-11-7-8-12-33(30)44-34-23-28(40)13-15-31(34)38/h13-16,19,23-24,26-27H,2-12,17-18,20-22H2,1H3,(H,42,44)(H,43,45). The van der Waals surface area contributed by atoms with E-state index in [1.54, 1.807) is 0 Å². The molecule has 2 atom stereocenters. The molecule has 45 heavy (non-hydrogen) atoms. The second-order valence-corrected chi connectivity index (χ2v) is 14.6. The van der Waals surface area contributed by atoms with E-state index >= 15 is 0 Å². The molecule has 0 spiro atoms. The molecule has 6 heteroatoms. The van der Waals surface area contributed by atoms with Crippen LogP contribution < -0.4 is 10.6 Å². The van der Waals surface area contributed by atoms with Crippen LogP contribution in [0.15, 0.2) is 48.0 Å². The van der Waals surface area contributed by atoms with Gasteiger partial charge in [-0.3, -0.25) is 9.97 Å². The van der Waals surface area contributed by atoms with Crippen LogP contribution in [0.3, 0.4) is 0 Å². The summed E-state index contributed by atoms with van der Waals surface area (Å²) in [6.07, 6.45) is 19.5. The molecule has 0 radical (unpaired) electrons. The van der Waals surface area contributed by atoms with Crippen LogP contribution in [-0.2, 0) is 19.3 Å². The van der Waals surface area contributed by atoms with Crippen LogP contribution in [0, 0.1) is 5.92 Å². The molecule has 236 valence electrons. The fraction of sp³-hybridized carbons (Fsp3) is 0.487. The normalized spacial score (nSPS) is 18.9. The van der Waals surface area contributed by atoms with Crippen molar-refractivity contribution in [2.45, 2.75) is 103 Å². The number of anilines is 2. The molecular weight excluding hydrogens is 595 g/mol. The Bertz CT molecular complexity index is 1730. The summed E-state index contributed by atoms with van der Waals surface area (Å²) in [5.74, 6) is 1.21. The smallest absolute Gasteiger partial charge is 0.0741 e. The van der Waals surface area contributed by atoms with E-state index in [1.165, 1.54) is 114 Å². The Hall–Kier alpha value is -2.82. The van der Waals surface area contributed by atoms with Gasteiger partial charge >= 0.3 is 0 Å². The maximum Gasteiger partial charge on any atom is 0.0741 e. The molecule has 3 aliphatic carbocycles. The van der Waals surface area contributed by atoms with Crippen molar-refractivity contribution < 1.29 is 0 Å². The van der Waals surface area contributed by atoms with Gasteiger partial charge in [0.15, 0.2) is 0 Å². The summed E-state index contributed by atoms with van der Waals surface area (Å²) in [6.45, 7) is 4.33. The average molecular weight is 642 g/mol. The summed E-state index contributed by atoms with van der Waals surface area (Å²) in [6, 6.07) is 12.4. The molecule has 4 nitrogen and oxygen atoms in total. The lowest BCUT2D eigenvalue weighted by atomic mass is 9.71. The summed E-state index contributed by atoms with van der Waals surface area (Å²) in [5.41, 5.74) is 11.7. The minimum absolute atomic E-state index is 0.578. The van der Waals surface area contributed by atoms with Gasteiger partial charge in [0.05, 0.1) is 11.0 Å². The molecule has 7 rings (SSSR count). The minimum atomic E-state index is 0.578. The van der Waals surface area contributed by atoms with Crippen molar-refractivity contribution in [2.75, 3.05) is 23.7 Å². The fourth-order valence-corrected chi connectivity index (χ4v) is 8.57. The van der Waals surface area contributed by atoms with E-state index in [-0.39, 0.29) is 0 Å². The van der Waals surface area contributed by atoms with Gasteiger partial charge in [-0.15, -0.1) is 0 Å². The predicted molar refractivity (Wildman–Crippen MR) is 192 cm³/mol. The van der Waals surface area contributed by atoms with Crippen LogP contribution in [0.4, 0.5) is 11.4 Å². The maximum atomic E-state index is 6.38. The van der Waals surface area contributed by atoms with E-state index in [2.05, 4.69) is 35.8 Å². The summed E-state index contributed by atoms with van der Waals surface area (Å²) in [4.78, 5) is 10.1. The van der Waals surface area contributed by atoms with E-state index in [1.807, 2.05) is 24.3 Å². The van der Waals surface area contributed by atoms with Crippen LogP contribution in [0.1, 0.15) is 106 Å². The minimum Gasteiger partial charge on any atom is -0.384 e. The monoisotopic (exact) mass is 640 g/mol. The molecule has 4 aromatic rings. The Morgan fingerprint density at radius 3 is 2.02 bits per heavy atom. The third-order valence-corrected chi connectivity index (χ3v) is 10.8. The molecule has 3 aliphatic rings. The van der Waals surface area contributed by atoms with E-state index in [0.717, 1.165) is 59.9 Å². The number of hydrogen-bond acceptors (Lipinski definition) is 4. The lowest BCUT2D eigenvalue weighted by molar-refractivity contribution is 0.433. The number of nitrogens with one attached hydrogen (secondary N) is 2. The molecule has 0 fully saturated rings. The first kappa shape index (κ1) is 30.8. The van der Waals surface area contributed by atoms with Gasteiger partial charge in [-0.05, 0) is 119 Å². The third kappa shape index (κ3) is 6.83. The predicted octanol–water partition coefficient (Wildman–Crippen LogP) is 11.2. The first-order chi connectivity index (χ1) is 22.0. The third-order valence-electron chi connectivity index (χ3n) is 10.3.